The van der Waals surface area contributed by atoms with Gasteiger partial charge in [-0.3, -0.25) is 9.59 Å². The molecule has 2 fully saturated rings. The van der Waals surface area contributed by atoms with Crippen LogP contribution in [0.25, 0.3) is 0 Å². The van der Waals surface area contributed by atoms with E-state index in [0.717, 1.165) is 23.9 Å². The van der Waals surface area contributed by atoms with Crippen molar-refractivity contribution in [2.75, 3.05) is 5.75 Å². The highest BCUT2D eigenvalue weighted by Crippen LogP contribution is 2.64. The molecule has 0 saturated heterocycles. The molecule has 0 heterocycles. The third-order valence-electron chi connectivity index (χ3n) is 6.20. The predicted octanol–water partition coefficient (Wildman–Crippen LogP) is 5.06. The van der Waals surface area contributed by atoms with Crippen LogP contribution in [0.1, 0.15) is 62.3 Å². The Morgan fingerprint density at radius 2 is 1.46 bits per heavy atom. The van der Waals surface area contributed by atoms with E-state index in [1.807, 2.05) is 0 Å². The number of Topliss-reactive ketones (excluding diaryl/α,β-unsaturated/α-hetero) is 1. The van der Waals surface area contributed by atoms with Crippen LogP contribution < -0.4 is 5.32 Å². The van der Waals surface area contributed by atoms with Gasteiger partial charge in [-0.25, -0.2) is 18.4 Å². The van der Waals surface area contributed by atoms with Gasteiger partial charge in [0.05, 0.1) is 11.8 Å². The Bertz CT molecular complexity index is 1170. The number of nitrogens with one attached hydrogen (secondary N) is 1. The van der Waals surface area contributed by atoms with Crippen LogP contribution in [0.2, 0.25) is 0 Å². The van der Waals surface area contributed by atoms with Gasteiger partial charge in [-0.2, -0.15) is 0 Å². The van der Waals surface area contributed by atoms with Crippen molar-refractivity contribution in [3.05, 3.63) is 29.8 Å². The van der Waals surface area contributed by atoms with Crippen molar-refractivity contribution in [3.8, 4) is 0 Å². The lowest BCUT2D eigenvalue weighted by molar-refractivity contribution is -0.168. The molecule has 39 heavy (non-hydrogen) atoms. The molecule has 2 aliphatic rings. The normalized spacial score (nSPS) is 26.5. The van der Waals surface area contributed by atoms with Crippen LogP contribution in [0.3, 0.4) is 0 Å². The molecule has 0 aliphatic heterocycles. The molecule has 11 heteroatoms. The zero-order chi connectivity index (χ0) is 29.7. The summed E-state index contributed by atoms with van der Waals surface area (Å²) in [5.41, 5.74) is -4.71. The number of amides is 1. The average Bonchev–Trinajstić information content (AvgIpc) is 3.42. The van der Waals surface area contributed by atoms with Crippen LogP contribution in [0, 0.1) is 35.3 Å². The Morgan fingerprint density at radius 3 is 1.97 bits per heavy atom. The van der Waals surface area contributed by atoms with Crippen molar-refractivity contribution >= 4 is 35.6 Å². The number of carbonyl (C=O) groups is 4. The van der Waals surface area contributed by atoms with Gasteiger partial charge >= 0.3 is 18.0 Å². The molecule has 2 aliphatic carbocycles. The summed E-state index contributed by atoms with van der Waals surface area (Å²) in [6.45, 7) is 14.9. The van der Waals surface area contributed by atoms with Gasteiger partial charge < -0.3 is 19.5 Å². The van der Waals surface area contributed by atoms with Gasteiger partial charge in [-0.1, -0.05) is 0 Å². The van der Waals surface area contributed by atoms with Crippen LogP contribution >= 0.6 is 11.8 Å². The van der Waals surface area contributed by atoms with Gasteiger partial charge in [-0.05, 0) is 80.5 Å². The lowest BCUT2D eigenvalue weighted by Crippen LogP contribution is -2.64. The van der Waals surface area contributed by atoms with Crippen molar-refractivity contribution in [1.82, 2.24) is 5.32 Å². The van der Waals surface area contributed by atoms with E-state index in [4.69, 9.17) is 14.2 Å². The smallest absolute Gasteiger partial charge is 0.408 e. The quantitative estimate of drug-likeness (QED) is 0.288. The maximum atomic E-state index is 13.9. The Labute approximate surface area is 231 Å². The molecule has 8 nitrogen and oxygen atoms in total. The molecule has 1 aromatic rings. The minimum atomic E-state index is -1.95. The van der Waals surface area contributed by atoms with Crippen LogP contribution in [-0.4, -0.2) is 51.9 Å². The maximum Gasteiger partial charge on any atom is 0.408 e. The van der Waals surface area contributed by atoms with E-state index in [9.17, 15) is 28.0 Å². The van der Waals surface area contributed by atoms with Crippen LogP contribution in [-0.2, 0) is 28.6 Å². The molecule has 0 radical (unpaired) electrons. The molecule has 0 bridgehead atoms. The number of esters is 2. The standard InChI is InChI=1S/C28H37F2NO7S/c1-25(2,3)36-22(33)19-18-20(19)28(23(34)37-26(4,5)6,31-24(35)38-27(7,8)9)15(21(18)32)13-39-14-10-11-16(29)17(30)12-14/h10-12,15,18-20H,13H2,1-9H3,(H,31,35)/t15-,18?,19+,20+,28+/m1/s1. The van der Waals surface area contributed by atoms with Crippen molar-refractivity contribution in [3.63, 3.8) is 0 Å². The van der Waals surface area contributed by atoms with Gasteiger partial charge in [0.15, 0.2) is 17.2 Å². The summed E-state index contributed by atoms with van der Waals surface area (Å²) in [7, 11) is 0. The minimum absolute atomic E-state index is 0.0764. The van der Waals surface area contributed by atoms with E-state index < -0.39 is 81.5 Å². The second-order valence-electron chi connectivity index (χ2n) is 13.0. The van der Waals surface area contributed by atoms with Gasteiger partial charge in [0.25, 0.3) is 0 Å². The van der Waals surface area contributed by atoms with Crippen LogP contribution in [0.4, 0.5) is 13.6 Å². The molecule has 1 unspecified atom stereocenters. The Morgan fingerprint density at radius 1 is 0.897 bits per heavy atom. The largest absolute Gasteiger partial charge is 0.460 e. The summed E-state index contributed by atoms with van der Waals surface area (Å²) in [6, 6.07) is 3.30. The molecule has 0 aromatic heterocycles. The molecular weight excluding hydrogens is 532 g/mol. The number of thioether (sulfide) groups is 1. The van der Waals surface area contributed by atoms with Crippen molar-refractivity contribution in [2.45, 2.75) is 89.6 Å². The number of ketones is 1. The second-order valence-corrected chi connectivity index (χ2v) is 14.0. The lowest BCUT2D eigenvalue weighted by atomic mass is 9.80. The highest BCUT2D eigenvalue weighted by Gasteiger charge is 2.80. The summed E-state index contributed by atoms with van der Waals surface area (Å²) in [6.07, 6.45) is -0.959. The van der Waals surface area contributed by atoms with E-state index in [2.05, 4.69) is 5.32 Å². The first-order valence-electron chi connectivity index (χ1n) is 12.8. The number of carbonyl (C=O) groups excluding carboxylic acids is 4. The number of ether oxygens (including phenoxy) is 3. The first-order chi connectivity index (χ1) is 17.7. The topological polar surface area (TPSA) is 108 Å². The molecule has 1 aromatic carbocycles. The fourth-order valence-electron chi connectivity index (χ4n) is 4.88. The number of hydrogen-bond acceptors (Lipinski definition) is 8. The average molecular weight is 570 g/mol. The summed E-state index contributed by atoms with van der Waals surface area (Å²) in [5, 5.41) is 2.64. The van der Waals surface area contributed by atoms with E-state index in [0.29, 0.717) is 4.90 Å². The van der Waals surface area contributed by atoms with E-state index in [1.165, 1.54) is 6.07 Å². The number of alkyl carbamates (subject to hydrolysis) is 1. The van der Waals surface area contributed by atoms with Crippen molar-refractivity contribution < 1.29 is 42.2 Å². The maximum absolute atomic E-state index is 13.9. The summed E-state index contributed by atoms with van der Waals surface area (Å²) in [4.78, 5) is 54.2. The molecule has 3 rings (SSSR count). The zero-order valence-electron chi connectivity index (χ0n) is 23.8. The third kappa shape index (κ3) is 6.91. The minimum Gasteiger partial charge on any atom is -0.460 e. The fourth-order valence-corrected chi connectivity index (χ4v) is 6.02. The summed E-state index contributed by atoms with van der Waals surface area (Å²) < 4.78 is 44.0. The van der Waals surface area contributed by atoms with E-state index in [-0.39, 0.29) is 5.75 Å². The van der Waals surface area contributed by atoms with Gasteiger partial charge in [0, 0.05) is 22.5 Å². The number of benzene rings is 1. The first-order valence-corrected chi connectivity index (χ1v) is 13.7. The SMILES string of the molecule is CC(C)(C)OC(=O)N[C@@]1(C(=O)OC(C)(C)C)[C@H](CSc2ccc(F)c(F)c2)C(=O)C2[C@H](C(=O)OC(C)(C)C)[C@H]21. The number of hydrogen-bond donors (Lipinski definition) is 1. The highest BCUT2D eigenvalue weighted by atomic mass is 32.2. The fraction of sp³-hybridized carbons (Fsp3) is 0.643. The molecule has 2 saturated carbocycles. The van der Waals surface area contributed by atoms with Gasteiger partial charge in [0.1, 0.15) is 22.6 Å². The highest BCUT2D eigenvalue weighted by molar-refractivity contribution is 7.99. The van der Waals surface area contributed by atoms with E-state index >= 15 is 0 Å². The lowest BCUT2D eigenvalue weighted by Gasteiger charge is -2.38. The van der Waals surface area contributed by atoms with Crippen LogP contribution in [0.15, 0.2) is 23.1 Å². The van der Waals surface area contributed by atoms with Crippen molar-refractivity contribution in [1.29, 1.82) is 0 Å². The molecule has 1 amide bonds. The predicted molar refractivity (Wildman–Crippen MR) is 140 cm³/mol. The summed E-state index contributed by atoms with van der Waals surface area (Å²) >= 11 is 1.02. The molecule has 216 valence electrons. The monoisotopic (exact) mass is 569 g/mol. The van der Waals surface area contributed by atoms with Gasteiger partial charge in [0.2, 0.25) is 0 Å². The zero-order valence-corrected chi connectivity index (χ0v) is 24.6. The molecule has 0 spiro atoms. The molecule has 5 atom stereocenters. The summed E-state index contributed by atoms with van der Waals surface area (Å²) in [5.74, 6) is -8.06. The van der Waals surface area contributed by atoms with E-state index in [1.54, 1.807) is 62.3 Å². The van der Waals surface area contributed by atoms with Gasteiger partial charge in [-0.15, -0.1) is 11.8 Å². The van der Waals surface area contributed by atoms with Crippen molar-refractivity contribution in [2.24, 2.45) is 23.7 Å². The third-order valence-corrected chi connectivity index (χ3v) is 7.29. The second kappa shape index (κ2) is 10.4. The molecular formula is C28H37F2NO7S. The van der Waals surface area contributed by atoms with Crippen LogP contribution in [0.5, 0.6) is 0 Å². The Balaban J connectivity index is 2.06. The first kappa shape index (κ1) is 30.8. The number of rotatable bonds is 6. The molecule has 1 N–H and O–H groups in total. The number of halogens is 2. The number of fused-ring (bicyclic) bond motifs is 1. The Kier molecular flexibility index (Phi) is 8.20. The Hall–Kier alpha value is -2.69.